The SMILES string of the molecule is C#CC1(NC(=O)[C@H](CC(C)(C)F)N[C@@H](c2ccc(C3=CC=C(S(C)(=O)=O)[C@@H](C)C3)cc2)C(F)(F)F)CC1. The van der Waals surface area contributed by atoms with Crippen molar-refractivity contribution in [3.05, 3.63) is 52.4 Å². The summed E-state index contributed by atoms with van der Waals surface area (Å²) in [7, 11) is -3.34. The van der Waals surface area contributed by atoms with Gasteiger partial charge in [0.1, 0.15) is 17.2 Å². The minimum Gasteiger partial charge on any atom is -0.338 e. The van der Waals surface area contributed by atoms with E-state index in [1.807, 2.05) is 0 Å². The molecule has 1 fully saturated rings. The third-order valence-electron chi connectivity index (χ3n) is 6.59. The maximum Gasteiger partial charge on any atom is 0.407 e. The van der Waals surface area contributed by atoms with Gasteiger partial charge >= 0.3 is 6.18 Å². The number of rotatable bonds is 9. The molecule has 0 radical (unpaired) electrons. The summed E-state index contributed by atoms with van der Waals surface area (Å²) >= 11 is 0. The fraction of sp³-hybridized carbons (Fsp3) is 0.519. The van der Waals surface area contributed by atoms with Gasteiger partial charge in [-0.05, 0) is 61.8 Å². The standard InChI is InChI=1S/C27H32F4N2O3S/c1-6-26(13-14-26)33-24(34)21(16-25(3,4)28)32-23(27(29,30)31)19-9-7-18(8-10-19)20-11-12-22(17(2)15-20)37(5,35)36/h1,7-12,17,21,23,32H,13-16H2,2-5H3,(H,33,34)/t17-,21-,23-/m0/s1. The van der Waals surface area contributed by atoms with Crippen molar-refractivity contribution in [1.29, 1.82) is 0 Å². The zero-order chi connectivity index (χ0) is 27.8. The van der Waals surface area contributed by atoms with Crippen molar-refractivity contribution in [2.75, 3.05) is 6.26 Å². The van der Waals surface area contributed by atoms with Crippen LogP contribution in [0.3, 0.4) is 0 Å². The van der Waals surface area contributed by atoms with Crippen LogP contribution in [-0.4, -0.2) is 44.0 Å². The van der Waals surface area contributed by atoms with Gasteiger partial charge < -0.3 is 5.32 Å². The highest BCUT2D eigenvalue weighted by Crippen LogP contribution is 2.38. The van der Waals surface area contributed by atoms with Gasteiger partial charge in [-0.1, -0.05) is 43.2 Å². The van der Waals surface area contributed by atoms with E-state index < -0.39 is 51.6 Å². The highest BCUT2D eigenvalue weighted by atomic mass is 32.2. The van der Waals surface area contributed by atoms with Crippen molar-refractivity contribution in [3.63, 3.8) is 0 Å². The molecule has 3 rings (SSSR count). The molecule has 10 heteroatoms. The zero-order valence-electron chi connectivity index (χ0n) is 21.2. The van der Waals surface area contributed by atoms with Crippen LogP contribution in [0.4, 0.5) is 17.6 Å². The Labute approximate surface area is 215 Å². The average molecular weight is 541 g/mol. The normalized spacial score (nSPS) is 21.2. The lowest BCUT2D eigenvalue weighted by atomic mass is 9.90. The number of amides is 1. The van der Waals surface area contributed by atoms with Crippen molar-refractivity contribution in [3.8, 4) is 12.3 Å². The highest BCUT2D eigenvalue weighted by Gasteiger charge is 2.47. The van der Waals surface area contributed by atoms with Crippen molar-refractivity contribution >= 4 is 21.3 Å². The number of nitrogens with one attached hydrogen (secondary N) is 2. The van der Waals surface area contributed by atoms with Gasteiger partial charge in [0.25, 0.3) is 0 Å². The van der Waals surface area contributed by atoms with Gasteiger partial charge in [0.15, 0.2) is 9.84 Å². The molecular formula is C27H32F4N2O3S. The second-order valence-electron chi connectivity index (χ2n) is 10.6. The average Bonchev–Trinajstić information content (AvgIpc) is 3.54. The van der Waals surface area contributed by atoms with E-state index in [0.717, 1.165) is 11.8 Å². The van der Waals surface area contributed by atoms with Crippen molar-refractivity contribution in [2.24, 2.45) is 5.92 Å². The topological polar surface area (TPSA) is 75.3 Å². The Kier molecular flexibility index (Phi) is 8.02. The molecule has 0 spiro atoms. The molecule has 0 aliphatic heterocycles. The molecular weight excluding hydrogens is 508 g/mol. The summed E-state index contributed by atoms with van der Waals surface area (Å²) in [6.07, 6.45) is 5.97. The van der Waals surface area contributed by atoms with E-state index in [9.17, 15) is 30.8 Å². The van der Waals surface area contributed by atoms with Gasteiger partial charge in [0, 0.05) is 17.6 Å². The summed E-state index contributed by atoms with van der Waals surface area (Å²) in [5.74, 6) is 1.41. The number of carbonyl (C=O) groups is 1. The van der Waals surface area contributed by atoms with Crippen molar-refractivity contribution in [2.45, 2.75) is 75.9 Å². The van der Waals surface area contributed by atoms with Crippen LogP contribution in [0, 0.1) is 18.3 Å². The number of terminal acetylenes is 1. The lowest BCUT2D eigenvalue weighted by Crippen LogP contribution is -2.53. The minimum atomic E-state index is -4.77. The molecule has 0 bridgehead atoms. The van der Waals surface area contributed by atoms with E-state index in [2.05, 4.69) is 16.6 Å². The molecule has 1 aromatic carbocycles. The third kappa shape index (κ3) is 7.45. The van der Waals surface area contributed by atoms with Crippen molar-refractivity contribution < 1.29 is 30.8 Å². The Bertz CT molecular complexity index is 1230. The number of alkyl halides is 4. The number of allylic oxidation sites excluding steroid dienone is 4. The van der Waals surface area contributed by atoms with Gasteiger partial charge in [0.05, 0.1) is 6.04 Å². The molecule has 0 unspecified atom stereocenters. The Morgan fingerprint density at radius 3 is 2.19 bits per heavy atom. The molecule has 3 atom stereocenters. The number of halogens is 4. The maximum absolute atomic E-state index is 14.5. The third-order valence-corrected chi connectivity index (χ3v) is 7.99. The van der Waals surface area contributed by atoms with Crippen LogP contribution in [0.5, 0.6) is 0 Å². The fourth-order valence-corrected chi connectivity index (χ4v) is 5.61. The molecule has 5 nitrogen and oxygen atoms in total. The number of hydrogen-bond donors (Lipinski definition) is 2. The molecule has 37 heavy (non-hydrogen) atoms. The first-order valence-corrected chi connectivity index (χ1v) is 13.9. The second kappa shape index (κ2) is 10.3. The summed E-state index contributed by atoms with van der Waals surface area (Å²) in [6, 6.07) is 1.97. The van der Waals surface area contributed by atoms with Gasteiger partial charge in [-0.25, -0.2) is 12.8 Å². The summed E-state index contributed by atoms with van der Waals surface area (Å²) < 4.78 is 80.7. The molecule has 2 aliphatic carbocycles. The molecule has 0 saturated heterocycles. The Morgan fingerprint density at radius 1 is 1.16 bits per heavy atom. The second-order valence-corrected chi connectivity index (χ2v) is 12.6. The molecule has 0 heterocycles. The van der Waals surface area contributed by atoms with E-state index in [0.29, 0.717) is 29.7 Å². The van der Waals surface area contributed by atoms with Crippen LogP contribution in [0.1, 0.15) is 63.6 Å². The first-order valence-electron chi connectivity index (χ1n) is 12.0. The summed E-state index contributed by atoms with van der Waals surface area (Å²) in [4.78, 5) is 13.2. The molecule has 1 saturated carbocycles. The predicted molar refractivity (Wildman–Crippen MR) is 136 cm³/mol. The monoisotopic (exact) mass is 540 g/mol. The predicted octanol–water partition coefficient (Wildman–Crippen LogP) is 5.02. The molecule has 1 amide bonds. The van der Waals surface area contributed by atoms with E-state index in [4.69, 9.17) is 6.42 Å². The van der Waals surface area contributed by atoms with Crippen molar-refractivity contribution in [1.82, 2.24) is 10.6 Å². The highest BCUT2D eigenvalue weighted by molar-refractivity contribution is 7.94. The number of sulfone groups is 1. The minimum absolute atomic E-state index is 0.138. The number of benzene rings is 1. The van der Waals surface area contributed by atoms with Gasteiger partial charge in [-0.15, -0.1) is 6.42 Å². The van der Waals surface area contributed by atoms with Crippen LogP contribution in [0.2, 0.25) is 0 Å². The number of carbonyl (C=O) groups excluding carboxylic acids is 1. The van der Waals surface area contributed by atoms with Gasteiger partial charge in [-0.3, -0.25) is 10.1 Å². The maximum atomic E-state index is 14.5. The Balaban J connectivity index is 1.87. The lowest BCUT2D eigenvalue weighted by molar-refractivity contribution is -0.161. The summed E-state index contributed by atoms with van der Waals surface area (Å²) in [5.41, 5.74) is -1.48. The van der Waals surface area contributed by atoms with Crippen LogP contribution >= 0.6 is 0 Å². The largest absolute Gasteiger partial charge is 0.407 e. The smallest absolute Gasteiger partial charge is 0.338 e. The van der Waals surface area contributed by atoms with Crippen LogP contribution in [0.15, 0.2) is 41.3 Å². The van der Waals surface area contributed by atoms with Gasteiger partial charge in [-0.2, -0.15) is 13.2 Å². The molecule has 2 N–H and O–H groups in total. The van der Waals surface area contributed by atoms with Crippen LogP contribution in [-0.2, 0) is 14.6 Å². The lowest BCUT2D eigenvalue weighted by Gasteiger charge is -2.30. The fourth-order valence-electron chi connectivity index (χ4n) is 4.49. The summed E-state index contributed by atoms with van der Waals surface area (Å²) in [6.45, 7) is 4.17. The van der Waals surface area contributed by atoms with Crippen LogP contribution in [0.25, 0.3) is 5.57 Å². The molecule has 2 aliphatic rings. The first-order chi connectivity index (χ1) is 16.9. The van der Waals surface area contributed by atoms with E-state index in [1.165, 1.54) is 44.2 Å². The molecule has 0 aromatic heterocycles. The quantitative estimate of drug-likeness (QED) is 0.341. The molecule has 1 aromatic rings. The van der Waals surface area contributed by atoms with Gasteiger partial charge in [0.2, 0.25) is 5.91 Å². The van der Waals surface area contributed by atoms with E-state index in [-0.39, 0.29) is 11.5 Å². The Hall–Kier alpha value is -2.64. The molecule has 202 valence electrons. The Morgan fingerprint density at radius 2 is 1.76 bits per heavy atom. The van der Waals surface area contributed by atoms with Crippen LogP contribution < -0.4 is 10.6 Å². The van der Waals surface area contributed by atoms with E-state index >= 15 is 0 Å². The summed E-state index contributed by atoms with van der Waals surface area (Å²) in [5, 5.41) is 4.92. The number of hydrogen-bond acceptors (Lipinski definition) is 4. The zero-order valence-corrected chi connectivity index (χ0v) is 22.1. The first kappa shape index (κ1) is 28.9. The van der Waals surface area contributed by atoms with E-state index in [1.54, 1.807) is 13.0 Å².